The molecule has 0 spiro atoms. The van der Waals surface area contributed by atoms with E-state index in [-0.39, 0.29) is 4.90 Å². The van der Waals surface area contributed by atoms with Crippen LogP contribution in [0.5, 0.6) is 5.75 Å². The molecule has 178 valence electrons. The maximum Gasteiger partial charge on any atom is 0.264 e. The van der Waals surface area contributed by atoms with Gasteiger partial charge in [-0.25, -0.2) is 13.8 Å². The number of hydrogen-bond acceptors (Lipinski definition) is 5. The Balaban J connectivity index is 1.82. The first-order chi connectivity index (χ1) is 16.2. The summed E-state index contributed by atoms with van der Waals surface area (Å²) in [7, 11) is -4.03. The van der Waals surface area contributed by atoms with Gasteiger partial charge in [-0.05, 0) is 86.5 Å². The van der Waals surface area contributed by atoms with E-state index in [1.807, 2.05) is 13.8 Å². The quantitative estimate of drug-likeness (QED) is 0.341. The van der Waals surface area contributed by atoms with Crippen molar-refractivity contribution in [3.63, 3.8) is 0 Å². The number of carbonyl (C=O) groups is 1. The Morgan fingerprint density at radius 1 is 1.06 bits per heavy atom. The number of aryl methyl sites for hydroxylation is 2. The summed E-state index contributed by atoms with van der Waals surface area (Å²) in [4.78, 5) is 12.8. The Bertz CT molecular complexity index is 1270. The van der Waals surface area contributed by atoms with Crippen molar-refractivity contribution in [3.05, 3.63) is 88.4 Å². The minimum absolute atomic E-state index is 0.0816. The summed E-state index contributed by atoms with van der Waals surface area (Å²) in [6.07, 6.45) is 1.47. The van der Waals surface area contributed by atoms with Gasteiger partial charge < -0.3 is 4.74 Å². The number of anilines is 1. The minimum atomic E-state index is -4.03. The van der Waals surface area contributed by atoms with Gasteiger partial charge in [-0.15, -0.1) is 0 Å². The van der Waals surface area contributed by atoms with Crippen LogP contribution in [0.1, 0.15) is 23.6 Å². The number of halogens is 1. The van der Waals surface area contributed by atoms with Crippen molar-refractivity contribution in [2.24, 2.45) is 5.10 Å². The first-order valence-corrected chi connectivity index (χ1v) is 12.4. The van der Waals surface area contributed by atoms with Gasteiger partial charge in [0.2, 0.25) is 0 Å². The van der Waals surface area contributed by atoms with Crippen LogP contribution < -0.4 is 14.5 Å². The number of amides is 1. The third-order valence-corrected chi connectivity index (χ3v) is 6.93. The molecule has 0 aliphatic rings. The summed E-state index contributed by atoms with van der Waals surface area (Å²) >= 11 is 6.06. The summed E-state index contributed by atoms with van der Waals surface area (Å²) in [5, 5.41) is 4.43. The Hall–Kier alpha value is -3.36. The van der Waals surface area contributed by atoms with E-state index >= 15 is 0 Å². The van der Waals surface area contributed by atoms with Crippen LogP contribution in [-0.4, -0.2) is 33.7 Å². The predicted octanol–water partition coefficient (Wildman–Crippen LogP) is 4.70. The van der Waals surface area contributed by atoms with E-state index in [1.54, 1.807) is 61.5 Å². The summed E-state index contributed by atoms with van der Waals surface area (Å²) in [6, 6.07) is 18.5. The number of ether oxygens (including phenoxy) is 1. The van der Waals surface area contributed by atoms with Gasteiger partial charge in [0, 0.05) is 5.02 Å². The Labute approximate surface area is 205 Å². The zero-order chi connectivity index (χ0) is 24.7. The lowest BCUT2D eigenvalue weighted by molar-refractivity contribution is -0.119. The molecule has 0 bridgehead atoms. The number of nitrogens with one attached hydrogen (secondary N) is 1. The second kappa shape index (κ2) is 11.2. The van der Waals surface area contributed by atoms with Crippen LogP contribution in [-0.2, 0) is 14.8 Å². The second-order valence-electron chi connectivity index (χ2n) is 7.55. The molecule has 1 N–H and O–H groups in total. The van der Waals surface area contributed by atoms with Crippen molar-refractivity contribution >= 4 is 39.4 Å². The lowest BCUT2D eigenvalue weighted by atomic mass is 10.2. The highest BCUT2D eigenvalue weighted by Gasteiger charge is 2.28. The van der Waals surface area contributed by atoms with E-state index in [9.17, 15) is 13.2 Å². The van der Waals surface area contributed by atoms with Crippen LogP contribution in [0.2, 0.25) is 5.02 Å². The van der Waals surface area contributed by atoms with Gasteiger partial charge in [-0.3, -0.25) is 9.10 Å². The van der Waals surface area contributed by atoms with E-state index in [2.05, 4.69) is 10.5 Å². The average molecular weight is 500 g/mol. The van der Waals surface area contributed by atoms with Gasteiger partial charge in [0.15, 0.2) is 0 Å². The highest BCUT2D eigenvalue weighted by atomic mass is 35.5. The Morgan fingerprint density at radius 2 is 1.74 bits per heavy atom. The molecule has 1 amide bonds. The molecule has 0 saturated carbocycles. The van der Waals surface area contributed by atoms with Crippen LogP contribution >= 0.6 is 11.6 Å². The maximum absolute atomic E-state index is 13.5. The predicted molar refractivity (Wildman–Crippen MR) is 135 cm³/mol. The highest BCUT2D eigenvalue weighted by Crippen LogP contribution is 2.29. The molecule has 0 saturated heterocycles. The standard InChI is InChI=1S/C25H26ClN3O4S/c1-4-33-22-10-7-20(8-11-22)16-27-28-25(30)17-29(24-14-9-21(26)15-19(24)3)34(31,32)23-12-5-18(2)6-13-23/h5-16H,4,17H2,1-3H3,(H,28,30)/b27-16+. The monoisotopic (exact) mass is 499 g/mol. The van der Waals surface area contributed by atoms with Gasteiger partial charge >= 0.3 is 0 Å². The second-order valence-corrected chi connectivity index (χ2v) is 9.85. The van der Waals surface area contributed by atoms with Crippen LogP contribution in [0, 0.1) is 13.8 Å². The van der Waals surface area contributed by atoms with Gasteiger partial charge in [0.05, 0.1) is 23.4 Å². The molecule has 3 aromatic rings. The lowest BCUT2D eigenvalue weighted by Crippen LogP contribution is -2.40. The van der Waals surface area contributed by atoms with E-state index < -0.39 is 22.5 Å². The smallest absolute Gasteiger partial charge is 0.264 e. The van der Waals surface area contributed by atoms with Gasteiger partial charge in [0.1, 0.15) is 12.3 Å². The van der Waals surface area contributed by atoms with E-state index in [0.717, 1.165) is 21.2 Å². The molecule has 0 unspecified atom stereocenters. The molecule has 3 rings (SSSR count). The molecule has 0 aliphatic heterocycles. The lowest BCUT2D eigenvalue weighted by Gasteiger charge is -2.25. The summed E-state index contributed by atoms with van der Waals surface area (Å²) < 4.78 is 33.4. The number of rotatable bonds is 9. The number of sulfonamides is 1. The van der Waals surface area contributed by atoms with Gasteiger partial charge in [-0.2, -0.15) is 5.10 Å². The molecule has 0 atom stereocenters. The molecule has 0 aromatic heterocycles. The van der Waals surface area contributed by atoms with E-state index in [1.165, 1.54) is 18.3 Å². The molecule has 9 heteroatoms. The first-order valence-electron chi connectivity index (χ1n) is 10.6. The molecule has 0 radical (unpaired) electrons. The number of hydrogen-bond donors (Lipinski definition) is 1. The number of nitrogens with zero attached hydrogens (tertiary/aromatic N) is 2. The van der Waals surface area contributed by atoms with Gasteiger partial charge in [0.25, 0.3) is 15.9 Å². The molecular formula is C25H26ClN3O4S. The van der Waals surface area contributed by atoms with Gasteiger partial charge in [-0.1, -0.05) is 29.3 Å². The van der Waals surface area contributed by atoms with Crippen LogP contribution in [0.3, 0.4) is 0 Å². The zero-order valence-electron chi connectivity index (χ0n) is 19.2. The van der Waals surface area contributed by atoms with Crippen molar-refractivity contribution in [1.82, 2.24) is 5.43 Å². The molecule has 0 fully saturated rings. The molecule has 0 aliphatic carbocycles. The van der Waals surface area contributed by atoms with Crippen molar-refractivity contribution < 1.29 is 17.9 Å². The van der Waals surface area contributed by atoms with Crippen molar-refractivity contribution in [1.29, 1.82) is 0 Å². The molecule has 34 heavy (non-hydrogen) atoms. The highest BCUT2D eigenvalue weighted by molar-refractivity contribution is 7.92. The van der Waals surface area contributed by atoms with Crippen molar-refractivity contribution in [3.8, 4) is 5.75 Å². The topological polar surface area (TPSA) is 88.1 Å². The Kier molecular flexibility index (Phi) is 8.31. The Morgan fingerprint density at radius 3 is 2.35 bits per heavy atom. The fraction of sp³-hybridized carbons (Fsp3) is 0.200. The SMILES string of the molecule is CCOc1ccc(/C=N/NC(=O)CN(c2ccc(Cl)cc2C)S(=O)(=O)c2ccc(C)cc2)cc1. The average Bonchev–Trinajstić information content (AvgIpc) is 2.79. The van der Waals surface area contributed by atoms with Crippen LogP contribution in [0.15, 0.2) is 76.7 Å². The zero-order valence-corrected chi connectivity index (χ0v) is 20.7. The molecule has 3 aromatic carbocycles. The summed E-state index contributed by atoms with van der Waals surface area (Å²) in [5.74, 6) is 0.145. The summed E-state index contributed by atoms with van der Waals surface area (Å²) in [5.41, 5.74) is 5.05. The molecule has 7 nitrogen and oxygen atoms in total. The maximum atomic E-state index is 13.5. The van der Waals surface area contributed by atoms with Crippen LogP contribution in [0.25, 0.3) is 0 Å². The third-order valence-electron chi connectivity index (χ3n) is 4.92. The fourth-order valence-electron chi connectivity index (χ4n) is 3.20. The van der Waals surface area contributed by atoms with Crippen LogP contribution in [0.4, 0.5) is 5.69 Å². The first kappa shape index (κ1) is 25.3. The molecule has 0 heterocycles. The normalized spacial score (nSPS) is 11.4. The fourth-order valence-corrected chi connectivity index (χ4v) is 4.91. The molecular weight excluding hydrogens is 474 g/mol. The van der Waals surface area contributed by atoms with Crippen molar-refractivity contribution in [2.75, 3.05) is 17.5 Å². The van der Waals surface area contributed by atoms with E-state index in [0.29, 0.717) is 22.9 Å². The number of carbonyl (C=O) groups excluding carboxylic acids is 1. The minimum Gasteiger partial charge on any atom is -0.494 e. The number of benzene rings is 3. The summed E-state index contributed by atoms with van der Waals surface area (Å²) in [6.45, 7) is 5.62. The largest absolute Gasteiger partial charge is 0.494 e. The van der Waals surface area contributed by atoms with E-state index in [4.69, 9.17) is 16.3 Å². The number of hydrazone groups is 1. The van der Waals surface area contributed by atoms with Crippen molar-refractivity contribution in [2.45, 2.75) is 25.7 Å². The third kappa shape index (κ3) is 6.36.